The molecule has 0 aromatic rings. The molecule has 1 aliphatic carbocycles. The van der Waals surface area contributed by atoms with Crippen LogP contribution in [0.15, 0.2) is 0 Å². The largest absolute Gasteiger partial charge is 0.312 e. The fraction of sp³-hybridized carbons (Fsp3) is 1.00. The van der Waals surface area contributed by atoms with Gasteiger partial charge in [-0.05, 0) is 70.5 Å². The first kappa shape index (κ1) is 19.2. The Hall–Kier alpha value is -0.120. The van der Waals surface area contributed by atoms with E-state index in [-0.39, 0.29) is 0 Å². The average Bonchev–Trinajstić information content (AvgIpc) is 2.49. The Morgan fingerprint density at radius 2 is 1.57 bits per heavy atom. The molecule has 0 aromatic heterocycles. The van der Waals surface area contributed by atoms with Gasteiger partial charge in [-0.3, -0.25) is 0 Å². The van der Waals surface area contributed by atoms with Crippen molar-refractivity contribution in [3.05, 3.63) is 0 Å². The van der Waals surface area contributed by atoms with Crippen LogP contribution in [0, 0.1) is 11.8 Å². The molecule has 1 saturated carbocycles. The van der Waals surface area contributed by atoms with E-state index in [0.29, 0.717) is 6.04 Å². The number of hydrogen-bond acceptors (Lipinski definition) is 3. The Morgan fingerprint density at radius 1 is 0.957 bits per heavy atom. The highest BCUT2D eigenvalue weighted by Crippen LogP contribution is 2.27. The summed E-state index contributed by atoms with van der Waals surface area (Å²) in [6, 6.07) is 2.23. The second kappa shape index (κ2) is 9.39. The zero-order valence-electron chi connectivity index (χ0n) is 16.4. The lowest BCUT2D eigenvalue weighted by molar-refractivity contribution is 0.0998. The Labute approximate surface area is 145 Å². The van der Waals surface area contributed by atoms with Crippen LogP contribution < -0.4 is 5.32 Å². The summed E-state index contributed by atoms with van der Waals surface area (Å²) in [5.41, 5.74) is 0. The van der Waals surface area contributed by atoms with Crippen molar-refractivity contribution in [3.63, 3.8) is 0 Å². The third-order valence-electron chi connectivity index (χ3n) is 5.77. The van der Waals surface area contributed by atoms with E-state index in [9.17, 15) is 0 Å². The van der Waals surface area contributed by atoms with Crippen molar-refractivity contribution in [2.75, 3.05) is 33.2 Å². The number of piperidine rings is 1. The van der Waals surface area contributed by atoms with E-state index in [0.717, 1.165) is 23.9 Å². The van der Waals surface area contributed by atoms with Crippen molar-refractivity contribution >= 4 is 0 Å². The molecule has 0 aromatic carbocycles. The van der Waals surface area contributed by atoms with Crippen LogP contribution in [0.25, 0.3) is 0 Å². The molecule has 136 valence electrons. The molecule has 0 unspecified atom stereocenters. The number of nitrogens with zero attached hydrogens (tertiary/aromatic N) is 2. The van der Waals surface area contributed by atoms with Crippen LogP contribution in [0.5, 0.6) is 0 Å². The lowest BCUT2D eigenvalue weighted by atomic mass is 9.85. The predicted octanol–water partition coefficient (Wildman–Crippen LogP) is 3.60. The molecule has 2 rings (SSSR count). The number of likely N-dealkylation sites (tertiary alicyclic amines) is 1. The maximum atomic E-state index is 3.72. The van der Waals surface area contributed by atoms with Gasteiger partial charge in [0.2, 0.25) is 0 Å². The van der Waals surface area contributed by atoms with E-state index in [2.05, 4.69) is 49.9 Å². The van der Waals surface area contributed by atoms with Crippen LogP contribution in [0.3, 0.4) is 0 Å². The minimum absolute atomic E-state index is 0.634. The van der Waals surface area contributed by atoms with Gasteiger partial charge in [0, 0.05) is 31.2 Å². The van der Waals surface area contributed by atoms with Gasteiger partial charge in [0.15, 0.2) is 0 Å². The highest BCUT2D eigenvalue weighted by atomic mass is 15.2. The fourth-order valence-electron chi connectivity index (χ4n) is 4.60. The Kier molecular flexibility index (Phi) is 7.84. The molecule has 1 heterocycles. The van der Waals surface area contributed by atoms with Gasteiger partial charge in [0.25, 0.3) is 0 Å². The van der Waals surface area contributed by atoms with E-state index in [1.807, 2.05) is 0 Å². The zero-order chi connectivity index (χ0) is 16.8. The lowest BCUT2D eigenvalue weighted by Crippen LogP contribution is -2.46. The number of rotatable bonds is 7. The molecule has 1 N–H and O–H groups in total. The van der Waals surface area contributed by atoms with Gasteiger partial charge in [0.05, 0.1) is 0 Å². The lowest BCUT2D eigenvalue weighted by Gasteiger charge is -2.40. The minimum Gasteiger partial charge on any atom is -0.312 e. The van der Waals surface area contributed by atoms with Crippen LogP contribution in [-0.2, 0) is 0 Å². The molecule has 0 radical (unpaired) electrons. The molecule has 0 amide bonds. The molecule has 0 spiro atoms. The molecule has 0 bridgehead atoms. The third-order valence-corrected chi connectivity index (χ3v) is 5.77. The summed E-state index contributed by atoms with van der Waals surface area (Å²) in [6.07, 6.45) is 8.33. The first-order chi connectivity index (χ1) is 10.9. The number of hydrogen-bond donors (Lipinski definition) is 1. The second-order valence-corrected chi connectivity index (χ2v) is 8.90. The van der Waals surface area contributed by atoms with Crippen molar-refractivity contribution in [1.29, 1.82) is 0 Å². The van der Waals surface area contributed by atoms with E-state index in [1.54, 1.807) is 0 Å². The molecule has 3 nitrogen and oxygen atoms in total. The summed E-state index contributed by atoms with van der Waals surface area (Å²) < 4.78 is 0. The van der Waals surface area contributed by atoms with Gasteiger partial charge in [0.1, 0.15) is 0 Å². The quantitative estimate of drug-likeness (QED) is 0.772. The maximum Gasteiger partial charge on any atom is 0.0117 e. The summed E-state index contributed by atoms with van der Waals surface area (Å²) in [5, 5.41) is 3.72. The van der Waals surface area contributed by atoms with E-state index >= 15 is 0 Å². The van der Waals surface area contributed by atoms with Gasteiger partial charge in [-0.25, -0.2) is 0 Å². The van der Waals surface area contributed by atoms with Crippen LogP contribution in [0.1, 0.15) is 66.2 Å². The highest BCUT2D eigenvalue weighted by molar-refractivity contribution is 4.83. The molecule has 2 fully saturated rings. The molecule has 23 heavy (non-hydrogen) atoms. The van der Waals surface area contributed by atoms with Gasteiger partial charge >= 0.3 is 0 Å². The highest BCUT2D eigenvalue weighted by Gasteiger charge is 2.27. The minimum atomic E-state index is 0.634. The first-order valence-electron chi connectivity index (χ1n) is 10.1. The Bertz CT molecular complexity index is 313. The smallest absolute Gasteiger partial charge is 0.0117 e. The van der Waals surface area contributed by atoms with Gasteiger partial charge < -0.3 is 15.1 Å². The second-order valence-electron chi connectivity index (χ2n) is 8.90. The third kappa shape index (κ3) is 6.72. The van der Waals surface area contributed by atoms with E-state index < -0.39 is 0 Å². The zero-order valence-corrected chi connectivity index (χ0v) is 16.4. The van der Waals surface area contributed by atoms with Crippen molar-refractivity contribution in [1.82, 2.24) is 15.1 Å². The van der Waals surface area contributed by atoms with Crippen molar-refractivity contribution in [3.8, 4) is 0 Å². The molecule has 1 saturated heterocycles. The fourth-order valence-corrected chi connectivity index (χ4v) is 4.60. The Morgan fingerprint density at radius 3 is 2.09 bits per heavy atom. The summed E-state index contributed by atoms with van der Waals surface area (Å²) in [7, 11) is 2.38. The summed E-state index contributed by atoms with van der Waals surface area (Å²) in [6.45, 7) is 14.4. The molecule has 0 atom stereocenters. The molecular weight excluding hydrogens is 282 g/mol. The molecular formula is C20H41N3. The SMILES string of the molecule is CC(C)CN1CCC(N(C)CC2CCC(NC(C)C)CC2)CC1. The predicted molar refractivity (Wildman–Crippen MR) is 101 cm³/mol. The van der Waals surface area contributed by atoms with Crippen molar-refractivity contribution < 1.29 is 0 Å². The number of nitrogens with one attached hydrogen (secondary N) is 1. The van der Waals surface area contributed by atoms with Crippen LogP contribution >= 0.6 is 0 Å². The first-order valence-corrected chi connectivity index (χ1v) is 10.1. The standard InChI is InChI=1S/C20H41N3/c1-16(2)14-23-12-10-20(11-13-23)22(5)15-18-6-8-19(9-7-18)21-17(3)4/h16-21H,6-15H2,1-5H3. The Balaban J connectivity index is 1.65. The molecule has 1 aliphatic heterocycles. The summed E-state index contributed by atoms with van der Waals surface area (Å²) in [4.78, 5) is 5.35. The molecule has 2 aliphatic rings. The molecule has 3 heteroatoms. The summed E-state index contributed by atoms with van der Waals surface area (Å²) >= 11 is 0. The van der Waals surface area contributed by atoms with Gasteiger partial charge in [-0.2, -0.15) is 0 Å². The van der Waals surface area contributed by atoms with E-state index in [1.165, 1.54) is 64.7 Å². The summed E-state index contributed by atoms with van der Waals surface area (Å²) in [5.74, 6) is 1.73. The average molecular weight is 324 g/mol. The van der Waals surface area contributed by atoms with Crippen LogP contribution in [0.4, 0.5) is 0 Å². The van der Waals surface area contributed by atoms with E-state index in [4.69, 9.17) is 0 Å². The normalized spacial score (nSPS) is 28.2. The maximum absolute atomic E-state index is 3.72. The van der Waals surface area contributed by atoms with Gasteiger partial charge in [-0.1, -0.05) is 27.7 Å². The van der Waals surface area contributed by atoms with Crippen molar-refractivity contribution in [2.45, 2.75) is 84.3 Å². The van der Waals surface area contributed by atoms with Gasteiger partial charge in [-0.15, -0.1) is 0 Å². The van der Waals surface area contributed by atoms with Crippen LogP contribution in [-0.4, -0.2) is 61.2 Å². The topological polar surface area (TPSA) is 18.5 Å². The van der Waals surface area contributed by atoms with Crippen molar-refractivity contribution in [2.24, 2.45) is 11.8 Å². The monoisotopic (exact) mass is 323 g/mol. The van der Waals surface area contributed by atoms with Crippen LogP contribution in [0.2, 0.25) is 0 Å².